The van der Waals surface area contributed by atoms with Gasteiger partial charge in [0.2, 0.25) is 0 Å². The van der Waals surface area contributed by atoms with Gasteiger partial charge in [-0.2, -0.15) is 5.26 Å². The molecule has 5 heteroatoms. The zero-order valence-electron chi connectivity index (χ0n) is 11.6. The van der Waals surface area contributed by atoms with Gasteiger partial charge in [0, 0.05) is 6.42 Å². The standard InChI is InChI=1S/C15H17NO4/c1-10-6-12(9-16)7-11(2)15(10)20-5-3-4-13(17)8-14(18)19/h6-7H,3-5,8H2,1-2H3,(H,18,19). The number of nitrogens with zero attached hydrogens (tertiary/aromatic N) is 1. The minimum Gasteiger partial charge on any atom is -0.493 e. The lowest BCUT2D eigenvalue weighted by molar-refractivity contribution is -0.140. The van der Waals surface area contributed by atoms with Gasteiger partial charge in [-0.25, -0.2) is 0 Å². The number of ketones is 1. The number of nitriles is 1. The predicted molar refractivity (Wildman–Crippen MR) is 72.6 cm³/mol. The number of ether oxygens (including phenoxy) is 1. The van der Waals surface area contributed by atoms with Crippen LogP contribution >= 0.6 is 0 Å². The van der Waals surface area contributed by atoms with E-state index < -0.39 is 12.4 Å². The van der Waals surface area contributed by atoms with Crippen LogP contribution in [0.3, 0.4) is 0 Å². The average Bonchev–Trinajstić information content (AvgIpc) is 2.35. The first-order chi connectivity index (χ1) is 9.43. The van der Waals surface area contributed by atoms with Gasteiger partial charge in [0.1, 0.15) is 18.0 Å². The lowest BCUT2D eigenvalue weighted by Crippen LogP contribution is -2.09. The Hall–Kier alpha value is -2.35. The van der Waals surface area contributed by atoms with Crippen molar-refractivity contribution >= 4 is 11.8 Å². The largest absolute Gasteiger partial charge is 0.493 e. The van der Waals surface area contributed by atoms with Gasteiger partial charge in [-0.3, -0.25) is 9.59 Å². The van der Waals surface area contributed by atoms with Crippen LogP contribution in [-0.4, -0.2) is 23.5 Å². The Balaban J connectivity index is 2.49. The molecule has 0 bridgehead atoms. The highest BCUT2D eigenvalue weighted by Crippen LogP contribution is 2.24. The van der Waals surface area contributed by atoms with Gasteiger partial charge in [0.25, 0.3) is 0 Å². The van der Waals surface area contributed by atoms with Crippen LogP contribution < -0.4 is 4.74 Å². The summed E-state index contributed by atoms with van der Waals surface area (Å²) in [5, 5.41) is 17.3. The summed E-state index contributed by atoms with van der Waals surface area (Å²) < 4.78 is 5.61. The number of carbonyl (C=O) groups excluding carboxylic acids is 1. The Labute approximate surface area is 117 Å². The maximum absolute atomic E-state index is 11.2. The van der Waals surface area contributed by atoms with Crippen molar-refractivity contribution in [3.05, 3.63) is 28.8 Å². The van der Waals surface area contributed by atoms with Gasteiger partial charge in [-0.05, 0) is 43.5 Å². The zero-order valence-corrected chi connectivity index (χ0v) is 11.6. The van der Waals surface area contributed by atoms with Crippen molar-refractivity contribution in [2.24, 2.45) is 0 Å². The Morgan fingerprint density at radius 1 is 1.30 bits per heavy atom. The Bertz CT molecular complexity index is 534. The molecule has 106 valence electrons. The summed E-state index contributed by atoms with van der Waals surface area (Å²) in [6.45, 7) is 4.07. The van der Waals surface area contributed by atoms with Gasteiger partial charge < -0.3 is 9.84 Å². The third-order valence-electron chi connectivity index (χ3n) is 2.78. The van der Waals surface area contributed by atoms with Crippen molar-refractivity contribution in [1.29, 1.82) is 5.26 Å². The maximum atomic E-state index is 11.2. The van der Waals surface area contributed by atoms with E-state index in [4.69, 9.17) is 15.1 Å². The molecule has 0 aliphatic carbocycles. The number of aryl methyl sites for hydroxylation is 2. The van der Waals surface area contributed by atoms with Gasteiger partial charge in [0.15, 0.2) is 0 Å². The smallest absolute Gasteiger partial charge is 0.310 e. The summed E-state index contributed by atoms with van der Waals surface area (Å²) in [7, 11) is 0. The van der Waals surface area contributed by atoms with Crippen molar-refractivity contribution in [2.75, 3.05) is 6.61 Å². The number of hydrogen-bond acceptors (Lipinski definition) is 4. The fraction of sp³-hybridized carbons (Fsp3) is 0.400. The first kappa shape index (κ1) is 15.7. The van der Waals surface area contributed by atoms with E-state index in [2.05, 4.69) is 6.07 Å². The second-order valence-electron chi connectivity index (χ2n) is 4.61. The lowest BCUT2D eigenvalue weighted by atomic mass is 10.1. The van der Waals surface area contributed by atoms with E-state index in [1.165, 1.54) is 0 Å². The van der Waals surface area contributed by atoms with Crippen molar-refractivity contribution in [1.82, 2.24) is 0 Å². The first-order valence-electron chi connectivity index (χ1n) is 6.31. The molecule has 1 aromatic carbocycles. The number of carboxylic acids is 1. The normalized spacial score (nSPS) is 9.85. The molecule has 1 N–H and O–H groups in total. The maximum Gasteiger partial charge on any atom is 0.310 e. The highest BCUT2D eigenvalue weighted by Gasteiger charge is 2.09. The zero-order chi connectivity index (χ0) is 15.1. The number of benzene rings is 1. The third kappa shape index (κ3) is 4.73. The molecule has 1 aromatic rings. The predicted octanol–water partition coefficient (Wildman–Crippen LogP) is 2.38. The van der Waals surface area contributed by atoms with Crippen LogP contribution in [0.15, 0.2) is 12.1 Å². The number of rotatable bonds is 7. The third-order valence-corrected chi connectivity index (χ3v) is 2.78. The summed E-state index contributed by atoms with van der Waals surface area (Å²) in [5.74, 6) is -0.682. The topological polar surface area (TPSA) is 87.4 Å². The van der Waals surface area contributed by atoms with E-state index in [9.17, 15) is 9.59 Å². The van der Waals surface area contributed by atoms with Gasteiger partial charge >= 0.3 is 5.97 Å². The molecule has 0 saturated carbocycles. The van der Waals surface area contributed by atoms with E-state index in [0.717, 1.165) is 16.9 Å². The second-order valence-corrected chi connectivity index (χ2v) is 4.61. The van der Waals surface area contributed by atoms with Crippen LogP contribution in [-0.2, 0) is 9.59 Å². The van der Waals surface area contributed by atoms with Gasteiger partial charge in [-0.15, -0.1) is 0 Å². The molecule has 0 fully saturated rings. The molecule has 5 nitrogen and oxygen atoms in total. The monoisotopic (exact) mass is 275 g/mol. The van der Waals surface area contributed by atoms with Crippen molar-refractivity contribution < 1.29 is 19.4 Å². The number of Topliss-reactive ketones (excluding diaryl/α,β-unsaturated/α-hetero) is 1. The van der Waals surface area contributed by atoms with Gasteiger partial charge in [-0.1, -0.05) is 0 Å². The van der Waals surface area contributed by atoms with E-state index in [1.807, 2.05) is 13.8 Å². The summed E-state index contributed by atoms with van der Waals surface area (Å²) in [4.78, 5) is 21.5. The Morgan fingerprint density at radius 2 is 1.90 bits per heavy atom. The summed E-state index contributed by atoms with van der Waals surface area (Å²) >= 11 is 0. The fourth-order valence-electron chi connectivity index (χ4n) is 1.94. The number of carboxylic acid groups (broad SMARTS) is 1. The lowest BCUT2D eigenvalue weighted by Gasteiger charge is -2.12. The van der Waals surface area contributed by atoms with Gasteiger partial charge in [0.05, 0.1) is 18.2 Å². The van der Waals surface area contributed by atoms with Crippen LogP contribution in [0.5, 0.6) is 5.75 Å². The molecule has 0 radical (unpaired) electrons. The van der Waals surface area contributed by atoms with E-state index in [1.54, 1.807) is 12.1 Å². The second kappa shape index (κ2) is 7.29. The van der Waals surface area contributed by atoms with Crippen LogP contribution in [0.2, 0.25) is 0 Å². The molecule has 0 heterocycles. The highest BCUT2D eigenvalue weighted by atomic mass is 16.5. The van der Waals surface area contributed by atoms with Crippen LogP contribution in [0.4, 0.5) is 0 Å². The number of aliphatic carboxylic acids is 1. The number of carbonyl (C=O) groups is 2. The molecule has 0 aliphatic rings. The van der Waals surface area contributed by atoms with Crippen LogP contribution in [0.1, 0.15) is 36.0 Å². The molecule has 0 spiro atoms. The molecule has 20 heavy (non-hydrogen) atoms. The van der Waals surface area contributed by atoms with Crippen molar-refractivity contribution in [2.45, 2.75) is 33.1 Å². The van der Waals surface area contributed by atoms with Crippen LogP contribution in [0.25, 0.3) is 0 Å². The Kier molecular flexibility index (Phi) is 5.73. The molecule has 0 unspecified atom stereocenters. The molecule has 0 aromatic heterocycles. The fourth-order valence-corrected chi connectivity index (χ4v) is 1.94. The minimum atomic E-state index is -1.10. The minimum absolute atomic E-state index is 0.195. The molecule has 0 atom stereocenters. The molecular formula is C15H17NO4. The highest BCUT2D eigenvalue weighted by molar-refractivity contribution is 5.94. The molecular weight excluding hydrogens is 258 g/mol. The quantitative estimate of drug-likeness (QED) is 0.609. The Morgan fingerprint density at radius 3 is 2.40 bits per heavy atom. The SMILES string of the molecule is Cc1cc(C#N)cc(C)c1OCCCC(=O)CC(=O)O. The van der Waals surface area contributed by atoms with Crippen molar-refractivity contribution in [3.8, 4) is 11.8 Å². The van der Waals surface area contributed by atoms with E-state index in [0.29, 0.717) is 18.6 Å². The summed E-state index contributed by atoms with van der Waals surface area (Å²) in [5.41, 5.74) is 2.33. The van der Waals surface area contributed by atoms with Crippen LogP contribution in [0, 0.1) is 25.2 Å². The average molecular weight is 275 g/mol. The van der Waals surface area contributed by atoms with E-state index >= 15 is 0 Å². The molecule has 1 rings (SSSR count). The van der Waals surface area contributed by atoms with Crippen molar-refractivity contribution in [3.63, 3.8) is 0 Å². The summed E-state index contributed by atoms with van der Waals surface area (Å²) in [6, 6.07) is 5.58. The van der Waals surface area contributed by atoms with E-state index in [-0.39, 0.29) is 12.2 Å². The number of hydrogen-bond donors (Lipinski definition) is 1. The summed E-state index contributed by atoms with van der Waals surface area (Å²) in [6.07, 6.45) is 0.237. The molecule has 0 saturated heterocycles. The first-order valence-corrected chi connectivity index (χ1v) is 6.31. The molecule has 0 aliphatic heterocycles. The molecule has 0 amide bonds.